The van der Waals surface area contributed by atoms with Crippen LogP contribution in [0.5, 0.6) is 5.75 Å². The second-order valence-electron chi connectivity index (χ2n) is 7.62. The molecule has 1 aliphatic heterocycles. The monoisotopic (exact) mass is 394 g/mol. The Hall–Kier alpha value is -3.06. The van der Waals surface area contributed by atoms with Gasteiger partial charge in [-0.25, -0.2) is 0 Å². The molecule has 1 saturated heterocycles. The highest BCUT2D eigenvalue weighted by Crippen LogP contribution is 2.23. The fourth-order valence-corrected chi connectivity index (χ4v) is 3.97. The summed E-state index contributed by atoms with van der Waals surface area (Å²) in [5, 5.41) is 13.5. The number of aromatic nitrogens is 2. The lowest BCUT2D eigenvalue weighted by Crippen LogP contribution is -2.48. The first-order valence-corrected chi connectivity index (χ1v) is 9.84. The van der Waals surface area contributed by atoms with Crippen molar-refractivity contribution in [3.63, 3.8) is 0 Å². The summed E-state index contributed by atoms with van der Waals surface area (Å²) in [5.41, 5.74) is 3.70. The SMILES string of the molecule is Cc1cc(-n2c(C)cc(C(=O)CN3CCN(c4ccc(O)cc4)CC3)c2C)no1. The molecule has 7 heteroatoms. The Balaban J connectivity index is 1.41. The van der Waals surface area contributed by atoms with Crippen molar-refractivity contribution in [1.82, 2.24) is 14.6 Å². The minimum absolute atomic E-state index is 0.127. The normalized spacial score (nSPS) is 15.1. The standard InChI is InChI=1S/C22H26N4O3/c1-15-12-20(17(3)26(15)22-13-16(2)29-23-22)21(28)14-24-8-10-25(11-9-24)18-4-6-19(27)7-5-18/h4-7,12-13,27H,8-11,14H2,1-3H3. The van der Waals surface area contributed by atoms with Crippen molar-refractivity contribution in [2.75, 3.05) is 37.6 Å². The van der Waals surface area contributed by atoms with Crippen molar-refractivity contribution in [3.8, 4) is 11.6 Å². The van der Waals surface area contributed by atoms with Gasteiger partial charge in [-0.15, -0.1) is 0 Å². The number of Topliss-reactive ketones (excluding diaryl/α,β-unsaturated/α-hetero) is 1. The molecule has 2 aromatic heterocycles. The second-order valence-corrected chi connectivity index (χ2v) is 7.62. The molecule has 1 fully saturated rings. The Morgan fingerprint density at radius 2 is 1.76 bits per heavy atom. The summed E-state index contributed by atoms with van der Waals surface area (Å²) in [6.45, 7) is 9.56. The molecule has 0 radical (unpaired) electrons. The van der Waals surface area contributed by atoms with Crippen molar-refractivity contribution in [2.45, 2.75) is 20.8 Å². The fourth-order valence-electron chi connectivity index (χ4n) is 3.97. The van der Waals surface area contributed by atoms with E-state index in [2.05, 4.69) is 15.0 Å². The highest BCUT2D eigenvalue weighted by molar-refractivity contribution is 5.99. The van der Waals surface area contributed by atoms with Crippen LogP contribution in [0.4, 0.5) is 5.69 Å². The number of piperazine rings is 1. The fraction of sp³-hybridized carbons (Fsp3) is 0.364. The van der Waals surface area contributed by atoms with Crippen molar-refractivity contribution in [1.29, 1.82) is 0 Å². The molecular weight excluding hydrogens is 368 g/mol. The number of ketones is 1. The number of aromatic hydroxyl groups is 1. The lowest BCUT2D eigenvalue weighted by molar-refractivity contribution is 0.0926. The smallest absolute Gasteiger partial charge is 0.180 e. The summed E-state index contributed by atoms with van der Waals surface area (Å²) in [6.07, 6.45) is 0. The number of aryl methyl sites for hydroxylation is 2. The molecule has 0 spiro atoms. The van der Waals surface area contributed by atoms with Gasteiger partial charge in [0.05, 0.1) is 6.54 Å². The first-order valence-electron chi connectivity index (χ1n) is 9.84. The molecule has 0 bridgehead atoms. The van der Waals surface area contributed by atoms with Gasteiger partial charge in [-0.2, -0.15) is 0 Å². The molecule has 0 saturated carbocycles. The Labute approximate surface area is 170 Å². The number of carbonyl (C=O) groups excluding carboxylic acids is 1. The van der Waals surface area contributed by atoms with Crippen LogP contribution >= 0.6 is 0 Å². The maximum absolute atomic E-state index is 13.0. The number of anilines is 1. The zero-order valence-electron chi connectivity index (χ0n) is 17.1. The molecule has 0 unspecified atom stereocenters. The van der Waals surface area contributed by atoms with Crippen LogP contribution in [0, 0.1) is 20.8 Å². The number of phenols is 1. The van der Waals surface area contributed by atoms with Crippen LogP contribution in [-0.2, 0) is 0 Å². The number of hydrogen-bond acceptors (Lipinski definition) is 6. The zero-order chi connectivity index (χ0) is 20.5. The molecule has 0 aliphatic carbocycles. The predicted molar refractivity (Wildman–Crippen MR) is 111 cm³/mol. The van der Waals surface area contributed by atoms with Crippen molar-refractivity contribution >= 4 is 11.5 Å². The van der Waals surface area contributed by atoms with Gasteiger partial charge < -0.3 is 14.5 Å². The van der Waals surface area contributed by atoms with Gasteiger partial charge in [-0.3, -0.25) is 14.3 Å². The van der Waals surface area contributed by atoms with E-state index in [0.29, 0.717) is 12.4 Å². The van der Waals surface area contributed by atoms with Gasteiger partial charge >= 0.3 is 0 Å². The third-order valence-electron chi connectivity index (χ3n) is 5.53. The first-order chi connectivity index (χ1) is 13.9. The van der Waals surface area contributed by atoms with Crippen LogP contribution < -0.4 is 4.90 Å². The lowest BCUT2D eigenvalue weighted by atomic mass is 10.1. The largest absolute Gasteiger partial charge is 0.508 e. The number of carbonyl (C=O) groups is 1. The Bertz CT molecular complexity index is 1010. The summed E-state index contributed by atoms with van der Waals surface area (Å²) in [5.74, 6) is 1.85. The van der Waals surface area contributed by atoms with Gasteiger partial charge in [0, 0.05) is 54.9 Å². The minimum atomic E-state index is 0.127. The zero-order valence-corrected chi connectivity index (χ0v) is 17.1. The Morgan fingerprint density at radius 3 is 2.38 bits per heavy atom. The van der Waals surface area contributed by atoms with Crippen LogP contribution in [0.3, 0.4) is 0 Å². The van der Waals surface area contributed by atoms with E-state index in [0.717, 1.165) is 54.6 Å². The molecule has 0 atom stereocenters. The van der Waals surface area contributed by atoms with E-state index in [1.165, 1.54) is 0 Å². The van der Waals surface area contributed by atoms with Crippen molar-refractivity contribution in [2.24, 2.45) is 0 Å². The average molecular weight is 394 g/mol. The van der Waals surface area contributed by atoms with E-state index in [1.807, 2.05) is 49.6 Å². The maximum Gasteiger partial charge on any atom is 0.180 e. The quantitative estimate of drug-likeness (QED) is 0.671. The summed E-state index contributed by atoms with van der Waals surface area (Å²) in [4.78, 5) is 17.5. The molecule has 152 valence electrons. The van der Waals surface area contributed by atoms with Gasteiger partial charge in [-0.1, -0.05) is 5.16 Å². The van der Waals surface area contributed by atoms with Gasteiger partial charge in [0.2, 0.25) is 0 Å². The number of hydrogen-bond donors (Lipinski definition) is 1. The Kier molecular flexibility index (Phi) is 5.15. The highest BCUT2D eigenvalue weighted by Gasteiger charge is 2.23. The molecule has 3 aromatic rings. The molecular formula is C22H26N4O3. The van der Waals surface area contributed by atoms with Crippen LogP contribution in [0.2, 0.25) is 0 Å². The van der Waals surface area contributed by atoms with Crippen LogP contribution in [0.25, 0.3) is 5.82 Å². The van der Waals surface area contributed by atoms with Crippen LogP contribution in [0.1, 0.15) is 27.5 Å². The van der Waals surface area contributed by atoms with E-state index in [-0.39, 0.29) is 11.5 Å². The Morgan fingerprint density at radius 1 is 1.07 bits per heavy atom. The molecule has 1 N–H and O–H groups in total. The number of phenolic OH excluding ortho intramolecular Hbond substituents is 1. The highest BCUT2D eigenvalue weighted by atomic mass is 16.5. The van der Waals surface area contributed by atoms with Gasteiger partial charge in [0.25, 0.3) is 0 Å². The van der Waals surface area contributed by atoms with Crippen molar-refractivity contribution in [3.05, 3.63) is 59.1 Å². The van der Waals surface area contributed by atoms with Crippen LogP contribution in [-0.4, -0.2) is 58.2 Å². The number of rotatable bonds is 5. The van der Waals surface area contributed by atoms with Gasteiger partial charge in [0.15, 0.2) is 11.6 Å². The van der Waals surface area contributed by atoms with E-state index in [4.69, 9.17) is 4.52 Å². The van der Waals surface area contributed by atoms with E-state index >= 15 is 0 Å². The predicted octanol–water partition coefficient (Wildman–Crippen LogP) is 3.10. The van der Waals surface area contributed by atoms with Gasteiger partial charge in [0.1, 0.15) is 11.5 Å². The van der Waals surface area contributed by atoms with E-state index in [1.54, 1.807) is 12.1 Å². The molecule has 1 aliphatic rings. The number of benzene rings is 1. The third kappa shape index (κ3) is 3.91. The summed E-state index contributed by atoms with van der Waals surface area (Å²) < 4.78 is 7.16. The average Bonchev–Trinajstić information content (AvgIpc) is 3.25. The first kappa shape index (κ1) is 19.3. The third-order valence-corrected chi connectivity index (χ3v) is 5.53. The molecule has 7 nitrogen and oxygen atoms in total. The van der Waals surface area contributed by atoms with Crippen molar-refractivity contribution < 1.29 is 14.4 Å². The molecule has 1 aromatic carbocycles. The summed E-state index contributed by atoms with van der Waals surface area (Å²) in [6, 6.07) is 11.1. The van der Waals surface area contributed by atoms with Crippen LogP contribution in [0.15, 0.2) is 40.9 Å². The van der Waals surface area contributed by atoms with E-state index in [9.17, 15) is 9.90 Å². The topological polar surface area (TPSA) is 74.7 Å². The van der Waals surface area contributed by atoms with E-state index < -0.39 is 0 Å². The maximum atomic E-state index is 13.0. The lowest BCUT2D eigenvalue weighted by Gasteiger charge is -2.35. The molecule has 4 rings (SSSR count). The number of nitrogens with zero attached hydrogens (tertiary/aromatic N) is 4. The molecule has 29 heavy (non-hydrogen) atoms. The second kappa shape index (κ2) is 7.75. The minimum Gasteiger partial charge on any atom is -0.508 e. The van der Waals surface area contributed by atoms with Gasteiger partial charge in [-0.05, 0) is 51.1 Å². The molecule has 3 heterocycles. The summed E-state index contributed by atoms with van der Waals surface area (Å²) in [7, 11) is 0. The summed E-state index contributed by atoms with van der Waals surface area (Å²) >= 11 is 0. The molecule has 0 amide bonds.